The van der Waals surface area contributed by atoms with Crippen LogP contribution in [0.1, 0.15) is 10.4 Å². The molecule has 0 saturated heterocycles. The summed E-state index contributed by atoms with van der Waals surface area (Å²) in [4.78, 5) is 18.8. The van der Waals surface area contributed by atoms with Crippen molar-refractivity contribution in [3.05, 3.63) is 57.3 Å². The third kappa shape index (κ3) is 1.84. The molecule has 3 heterocycles. The predicted molar refractivity (Wildman–Crippen MR) is 74.2 cm³/mol. The molecule has 0 radical (unpaired) electrons. The van der Waals surface area contributed by atoms with Gasteiger partial charge in [-0.1, -0.05) is 6.07 Å². The maximum absolute atomic E-state index is 12.1. The summed E-state index contributed by atoms with van der Waals surface area (Å²) < 4.78 is 1.58. The average Bonchev–Trinajstić information content (AvgIpc) is 2.77. The van der Waals surface area contributed by atoms with E-state index in [0.717, 1.165) is 16.1 Å². The second-order valence-electron chi connectivity index (χ2n) is 4.32. The maximum Gasteiger partial charge on any atom is 0.258 e. The van der Waals surface area contributed by atoms with E-state index >= 15 is 0 Å². The van der Waals surface area contributed by atoms with Crippen molar-refractivity contribution >= 4 is 17.0 Å². The van der Waals surface area contributed by atoms with E-state index in [9.17, 15) is 4.79 Å². The molecule has 0 atom stereocenters. The molecule has 18 heavy (non-hydrogen) atoms. The molecule has 0 amide bonds. The molecule has 0 bridgehead atoms. The Morgan fingerprint density at radius 1 is 1.17 bits per heavy atom. The van der Waals surface area contributed by atoms with Crippen LogP contribution in [-0.2, 0) is 0 Å². The van der Waals surface area contributed by atoms with E-state index < -0.39 is 0 Å². The predicted octanol–water partition coefficient (Wildman–Crippen LogP) is 3.04. The molecule has 0 fully saturated rings. The molecule has 0 aliphatic heterocycles. The van der Waals surface area contributed by atoms with Crippen molar-refractivity contribution in [3.8, 4) is 10.6 Å². The Labute approximate surface area is 108 Å². The SMILES string of the molecule is Cc1ccc2nc(-c3ccc(C)s3)cc(=O)n2c1. The molecule has 0 N–H and O–H groups in total. The summed E-state index contributed by atoms with van der Waals surface area (Å²) >= 11 is 1.65. The van der Waals surface area contributed by atoms with Gasteiger partial charge >= 0.3 is 0 Å². The summed E-state index contributed by atoms with van der Waals surface area (Å²) in [5.41, 5.74) is 2.45. The van der Waals surface area contributed by atoms with Crippen LogP contribution in [0.25, 0.3) is 16.2 Å². The number of hydrogen-bond acceptors (Lipinski definition) is 3. The molecule has 0 aliphatic carbocycles. The first-order chi connectivity index (χ1) is 8.63. The highest BCUT2D eigenvalue weighted by Gasteiger charge is 2.06. The second-order valence-corrected chi connectivity index (χ2v) is 5.61. The van der Waals surface area contributed by atoms with Crippen LogP contribution in [0.5, 0.6) is 0 Å². The number of fused-ring (bicyclic) bond motifs is 1. The van der Waals surface area contributed by atoms with Crippen LogP contribution in [-0.4, -0.2) is 9.38 Å². The molecular formula is C14H12N2OS. The van der Waals surface area contributed by atoms with Gasteiger partial charge in [-0.15, -0.1) is 11.3 Å². The zero-order valence-corrected chi connectivity index (χ0v) is 11.0. The first kappa shape index (κ1) is 11.2. The van der Waals surface area contributed by atoms with Crippen molar-refractivity contribution in [1.29, 1.82) is 0 Å². The standard InChI is InChI=1S/C14H12N2OS/c1-9-3-6-13-15-11(7-14(17)16(13)8-9)12-5-4-10(2)18-12/h3-8H,1-2H3. The molecule has 0 saturated carbocycles. The Morgan fingerprint density at radius 3 is 2.72 bits per heavy atom. The summed E-state index contributed by atoms with van der Waals surface area (Å²) in [5.74, 6) is 0. The Kier molecular flexibility index (Phi) is 2.52. The molecule has 4 heteroatoms. The van der Waals surface area contributed by atoms with Crippen molar-refractivity contribution in [3.63, 3.8) is 0 Å². The molecule has 3 aromatic rings. The lowest BCUT2D eigenvalue weighted by atomic mass is 10.3. The fraction of sp³-hybridized carbons (Fsp3) is 0.143. The van der Waals surface area contributed by atoms with Crippen LogP contribution >= 0.6 is 11.3 Å². The van der Waals surface area contributed by atoms with Gasteiger partial charge in [-0.05, 0) is 37.6 Å². The van der Waals surface area contributed by atoms with Gasteiger partial charge in [-0.2, -0.15) is 0 Å². The second kappa shape index (κ2) is 4.07. The van der Waals surface area contributed by atoms with Crippen molar-refractivity contribution in [2.45, 2.75) is 13.8 Å². The number of thiophene rings is 1. The van der Waals surface area contributed by atoms with Crippen LogP contribution in [0.3, 0.4) is 0 Å². The van der Waals surface area contributed by atoms with Gasteiger partial charge in [0, 0.05) is 17.1 Å². The maximum atomic E-state index is 12.1. The third-order valence-corrected chi connectivity index (χ3v) is 3.82. The van der Waals surface area contributed by atoms with E-state index in [4.69, 9.17) is 0 Å². The minimum Gasteiger partial charge on any atom is -0.269 e. The van der Waals surface area contributed by atoms with Crippen LogP contribution < -0.4 is 5.56 Å². The van der Waals surface area contributed by atoms with E-state index in [-0.39, 0.29) is 5.56 Å². The Hall–Kier alpha value is -1.94. The fourth-order valence-corrected chi connectivity index (χ4v) is 2.74. The smallest absolute Gasteiger partial charge is 0.258 e. The lowest BCUT2D eigenvalue weighted by molar-refractivity contribution is 1.04. The highest BCUT2D eigenvalue weighted by atomic mass is 32.1. The van der Waals surface area contributed by atoms with Crippen molar-refractivity contribution in [2.24, 2.45) is 0 Å². The van der Waals surface area contributed by atoms with Gasteiger partial charge in [0.2, 0.25) is 0 Å². The van der Waals surface area contributed by atoms with E-state index in [1.165, 1.54) is 4.88 Å². The van der Waals surface area contributed by atoms with Gasteiger partial charge in [0.15, 0.2) is 0 Å². The summed E-state index contributed by atoms with van der Waals surface area (Å²) in [6, 6.07) is 9.48. The lowest BCUT2D eigenvalue weighted by Gasteiger charge is -2.03. The Morgan fingerprint density at radius 2 is 2.00 bits per heavy atom. The van der Waals surface area contributed by atoms with Gasteiger partial charge in [-0.25, -0.2) is 4.98 Å². The summed E-state index contributed by atoms with van der Waals surface area (Å²) in [6.07, 6.45) is 1.81. The minimum atomic E-state index is -0.0373. The fourth-order valence-electron chi connectivity index (χ4n) is 1.91. The monoisotopic (exact) mass is 256 g/mol. The first-order valence-corrected chi connectivity index (χ1v) is 6.52. The number of pyridine rings is 1. The van der Waals surface area contributed by atoms with E-state index in [1.54, 1.807) is 21.8 Å². The van der Waals surface area contributed by atoms with E-state index in [2.05, 4.69) is 4.98 Å². The number of aryl methyl sites for hydroxylation is 2. The molecule has 3 rings (SSSR count). The van der Waals surface area contributed by atoms with Crippen LogP contribution in [0.15, 0.2) is 41.3 Å². The molecule has 0 unspecified atom stereocenters. The highest BCUT2D eigenvalue weighted by Crippen LogP contribution is 2.25. The number of aromatic nitrogens is 2. The zero-order valence-electron chi connectivity index (χ0n) is 10.2. The van der Waals surface area contributed by atoms with Crippen LogP contribution in [0, 0.1) is 13.8 Å². The van der Waals surface area contributed by atoms with E-state index in [0.29, 0.717) is 5.65 Å². The van der Waals surface area contributed by atoms with Crippen molar-refractivity contribution < 1.29 is 0 Å². The molecular weight excluding hydrogens is 244 g/mol. The van der Waals surface area contributed by atoms with Crippen molar-refractivity contribution in [2.75, 3.05) is 0 Å². The summed E-state index contributed by atoms with van der Waals surface area (Å²) in [6.45, 7) is 4.01. The highest BCUT2D eigenvalue weighted by molar-refractivity contribution is 7.15. The largest absolute Gasteiger partial charge is 0.269 e. The Balaban J connectivity index is 2.28. The van der Waals surface area contributed by atoms with Gasteiger partial charge in [0.1, 0.15) is 5.65 Å². The topological polar surface area (TPSA) is 34.4 Å². The van der Waals surface area contributed by atoms with Gasteiger partial charge < -0.3 is 0 Å². The van der Waals surface area contributed by atoms with E-state index in [1.807, 2.05) is 44.3 Å². The molecule has 90 valence electrons. The van der Waals surface area contributed by atoms with Crippen molar-refractivity contribution in [1.82, 2.24) is 9.38 Å². The quantitative estimate of drug-likeness (QED) is 0.670. The minimum absolute atomic E-state index is 0.0373. The molecule has 3 aromatic heterocycles. The zero-order chi connectivity index (χ0) is 12.7. The third-order valence-electron chi connectivity index (χ3n) is 2.80. The van der Waals surface area contributed by atoms with Crippen LogP contribution in [0.2, 0.25) is 0 Å². The Bertz CT molecular complexity index is 786. The lowest BCUT2D eigenvalue weighted by Crippen LogP contribution is -2.14. The molecule has 0 aromatic carbocycles. The number of rotatable bonds is 1. The molecule has 3 nitrogen and oxygen atoms in total. The molecule has 0 aliphatic rings. The average molecular weight is 256 g/mol. The summed E-state index contributed by atoms with van der Waals surface area (Å²) in [7, 11) is 0. The van der Waals surface area contributed by atoms with Gasteiger partial charge in [0.25, 0.3) is 5.56 Å². The molecule has 0 spiro atoms. The normalized spacial score (nSPS) is 11.0. The number of hydrogen-bond donors (Lipinski definition) is 0. The summed E-state index contributed by atoms with van der Waals surface area (Å²) in [5, 5.41) is 0. The number of nitrogens with zero attached hydrogens (tertiary/aromatic N) is 2. The van der Waals surface area contributed by atoms with Crippen LogP contribution in [0.4, 0.5) is 0 Å². The van der Waals surface area contributed by atoms with Gasteiger partial charge in [-0.3, -0.25) is 9.20 Å². The first-order valence-electron chi connectivity index (χ1n) is 5.70. The van der Waals surface area contributed by atoms with Gasteiger partial charge in [0.05, 0.1) is 10.6 Å².